The fourth-order valence-corrected chi connectivity index (χ4v) is 8.93. The number of para-hydroxylation sites is 2. The second-order valence-corrected chi connectivity index (χ2v) is 14.4. The fraction of sp³-hybridized carbons (Fsp3) is 0.294. The van der Waals surface area contributed by atoms with Gasteiger partial charge in [0.1, 0.15) is 4.21 Å². The number of hydrogen-bond acceptors (Lipinski definition) is 6. The van der Waals surface area contributed by atoms with Crippen molar-refractivity contribution in [2.75, 3.05) is 13.1 Å². The zero-order valence-electron chi connectivity index (χ0n) is 24.8. The van der Waals surface area contributed by atoms with Gasteiger partial charge >= 0.3 is 11.8 Å². The van der Waals surface area contributed by atoms with Crippen LogP contribution in [0.2, 0.25) is 0 Å². The van der Waals surface area contributed by atoms with Gasteiger partial charge in [-0.05, 0) is 66.9 Å². The topological polar surface area (TPSA) is 105 Å². The summed E-state index contributed by atoms with van der Waals surface area (Å²) in [7, 11) is -4.09. The molecular formula is C34H36N4O5S2. The SMILES string of the molecule is O=C(O)N1CCC(n2c(=O)n(S(=O)(=O)c3cccs3)c3ccccc32)C[C@@H]1CCCN(Cc1ccccc1)Cc1ccccc1. The first kappa shape index (κ1) is 30.8. The van der Waals surface area contributed by atoms with E-state index in [0.717, 1.165) is 41.4 Å². The number of hydrogen-bond donors (Lipinski definition) is 1. The van der Waals surface area contributed by atoms with E-state index in [1.54, 1.807) is 40.3 Å². The van der Waals surface area contributed by atoms with Crippen molar-refractivity contribution in [3.63, 3.8) is 0 Å². The van der Waals surface area contributed by atoms with Gasteiger partial charge in [-0.15, -0.1) is 11.3 Å². The number of fused-ring (bicyclic) bond motifs is 1. The molecule has 5 aromatic rings. The first-order valence-corrected chi connectivity index (χ1v) is 17.5. The Morgan fingerprint density at radius 1 is 0.867 bits per heavy atom. The Hall–Kier alpha value is -4.19. The van der Waals surface area contributed by atoms with Crippen LogP contribution >= 0.6 is 11.3 Å². The lowest BCUT2D eigenvalue weighted by Crippen LogP contribution is -2.47. The van der Waals surface area contributed by atoms with Gasteiger partial charge in [-0.1, -0.05) is 78.9 Å². The van der Waals surface area contributed by atoms with Crippen LogP contribution < -0.4 is 5.69 Å². The van der Waals surface area contributed by atoms with Gasteiger partial charge in [-0.25, -0.2) is 9.59 Å². The number of piperidine rings is 1. The largest absolute Gasteiger partial charge is 0.465 e. The highest BCUT2D eigenvalue weighted by atomic mass is 32.2. The van der Waals surface area contributed by atoms with Crippen LogP contribution in [0.1, 0.15) is 42.9 Å². The van der Waals surface area contributed by atoms with Crippen molar-refractivity contribution in [2.24, 2.45) is 0 Å². The summed E-state index contributed by atoms with van der Waals surface area (Å²) in [6.07, 6.45) is 1.27. The molecule has 1 unspecified atom stereocenters. The van der Waals surface area contributed by atoms with Gasteiger partial charge in [0.05, 0.1) is 11.0 Å². The van der Waals surface area contributed by atoms with E-state index >= 15 is 0 Å². The molecule has 1 saturated heterocycles. The first-order chi connectivity index (χ1) is 21.8. The van der Waals surface area contributed by atoms with Crippen LogP contribution in [0.25, 0.3) is 11.0 Å². The predicted octanol–water partition coefficient (Wildman–Crippen LogP) is 6.27. The van der Waals surface area contributed by atoms with E-state index in [0.29, 0.717) is 30.3 Å². The molecule has 0 spiro atoms. The minimum atomic E-state index is -4.09. The fourth-order valence-electron chi connectivity index (χ4n) is 6.47. The molecule has 1 aliphatic rings. The molecule has 0 radical (unpaired) electrons. The van der Waals surface area contributed by atoms with E-state index in [9.17, 15) is 23.1 Å². The van der Waals surface area contributed by atoms with Crippen molar-refractivity contribution < 1.29 is 18.3 Å². The van der Waals surface area contributed by atoms with Crippen molar-refractivity contribution >= 4 is 38.5 Å². The minimum absolute atomic E-state index is 0.0987. The number of thiophene rings is 1. The van der Waals surface area contributed by atoms with Crippen LogP contribution in [0, 0.1) is 0 Å². The molecule has 0 aliphatic carbocycles. The molecule has 1 aliphatic heterocycles. The van der Waals surface area contributed by atoms with E-state index in [2.05, 4.69) is 29.2 Å². The highest BCUT2D eigenvalue weighted by molar-refractivity contribution is 7.92. The molecule has 45 heavy (non-hydrogen) atoms. The van der Waals surface area contributed by atoms with Gasteiger partial charge in [0.25, 0.3) is 10.0 Å². The predicted molar refractivity (Wildman–Crippen MR) is 176 cm³/mol. The van der Waals surface area contributed by atoms with Crippen LogP contribution in [-0.2, 0) is 23.1 Å². The van der Waals surface area contributed by atoms with Gasteiger partial charge in [-0.2, -0.15) is 12.4 Å². The van der Waals surface area contributed by atoms with E-state index in [4.69, 9.17) is 0 Å². The molecule has 2 atom stereocenters. The summed E-state index contributed by atoms with van der Waals surface area (Å²) in [6, 6.07) is 30.0. The molecule has 1 N–H and O–H groups in total. The molecule has 0 saturated carbocycles. The summed E-state index contributed by atoms with van der Waals surface area (Å²) in [4.78, 5) is 30.1. The van der Waals surface area contributed by atoms with E-state index in [1.165, 1.54) is 22.1 Å². The summed E-state index contributed by atoms with van der Waals surface area (Å²) in [6.45, 7) is 2.60. The van der Waals surface area contributed by atoms with Gasteiger partial charge in [0, 0.05) is 31.7 Å². The molecule has 1 fully saturated rings. The molecule has 6 rings (SSSR count). The third-order valence-electron chi connectivity index (χ3n) is 8.54. The number of nitrogens with zero attached hydrogens (tertiary/aromatic N) is 4. The number of amides is 1. The molecule has 0 bridgehead atoms. The van der Waals surface area contributed by atoms with Gasteiger partial charge in [0.15, 0.2) is 0 Å². The van der Waals surface area contributed by atoms with Crippen LogP contribution in [0.4, 0.5) is 4.79 Å². The number of carbonyl (C=O) groups is 1. The standard InChI is InChI=1S/C34H36N4O5S2/c39-33-37(30-16-7-8-17-31(30)38(33)45(42,43)32-18-10-22-44-32)29-19-21-36(34(40)41)28(23-29)15-9-20-35(24-26-11-3-1-4-12-26)25-27-13-5-2-6-14-27/h1-8,10-14,16-18,22,28-29H,9,15,19-21,23-25H2,(H,40,41)/t28-,29?/m0/s1. The maximum Gasteiger partial charge on any atom is 0.407 e. The molecule has 2 aromatic heterocycles. The Morgan fingerprint density at radius 2 is 1.49 bits per heavy atom. The molecule has 11 heteroatoms. The second-order valence-electron chi connectivity index (χ2n) is 11.5. The Bertz CT molecular complexity index is 1860. The summed E-state index contributed by atoms with van der Waals surface area (Å²) >= 11 is 1.07. The number of benzene rings is 3. The van der Waals surface area contributed by atoms with Crippen molar-refractivity contribution in [3.05, 3.63) is 124 Å². The lowest BCUT2D eigenvalue weighted by atomic mass is 9.93. The smallest absolute Gasteiger partial charge is 0.407 e. The van der Waals surface area contributed by atoms with Gasteiger partial charge in [-0.3, -0.25) is 9.47 Å². The summed E-state index contributed by atoms with van der Waals surface area (Å²) < 4.78 is 29.7. The van der Waals surface area contributed by atoms with E-state index in [1.807, 2.05) is 36.4 Å². The van der Waals surface area contributed by atoms with Crippen LogP contribution in [0.15, 0.2) is 111 Å². The van der Waals surface area contributed by atoms with Crippen LogP contribution in [0.5, 0.6) is 0 Å². The minimum Gasteiger partial charge on any atom is -0.465 e. The Labute approximate surface area is 266 Å². The van der Waals surface area contributed by atoms with E-state index < -0.39 is 21.8 Å². The van der Waals surface area contributed by atoms with Crippen molar-refractivity contribution in [3.8, 4) is 0 Å². The highest BCUT2D eigenvalue weighted by Gasteiger charge is 2.35. The molecule has 9 nitrogen and oxygen atoms in total. The lowest BCUT2D eigenvalue weighted by molar-refractivity contribution is 0.0853. The number of aromatic nitrogens is 2. The average Bonchev–Trinajstić information content (AvgIpc) is 3.69. The monoisotopic (exact) mass is 644 g/mol. The number of imidazole rings is 1. The summed E-state index contributed by atoms with van der Waals surface area (Å²) in [5, 5.41) is 11.7. The van der Waals surface area contributed by atoms with Crippen molar-refractivity contribution in [1.29, 1.82) is 0 Å². The summed E-state index contributed by atoms with van der Waals surface area (Å²) in [5.41, 5.74) is 2.67. The molecule has 3 aromatic carbocycles. The van der Waals surface area contributed by atoms with Crippen molar-refractivity contribution in [2.45, 2.75) is 55.1 Å². The van der Waals surface area contributed by atoms with E-state index in [-0.39, 0.29) is 22.8 Å². The first-order valence-electron chi connectivity index (χ1n) is 15.1. The maximum absolute atomic E-state index is 13.9. The quantitative estimate of drug-likeness (QED) is 0.182. The third kappa shape index (κ3) is 6.61. The van der Waals surface area contributed by atoms with Crippen molar-refractivity contribution in [1.82, 2.24) is 18.3 Å². The second kappa shape index (κ2) is 13.4. The normalized spacial score (nSPS) is 17.2. The molecule has 3 heterocycles. The van der Waals surface area contributed by atoms with Crippen LogP contribution in [0.3, 0.4) is 0 Å². The Morgan fingerprint density at radius 3 is 2.09 bits per heavy atom. The number of likely N-dealkylation sites (tertiary alicyclic amines) is 1. The number of carboxylic acid groups (broad SMARTS) is 1. The molecule has 234 valence electrons. The Balaban J connectivity index is 1.24. The molecule has 1 amide bonds. The highest BCUT2D eigenvalue weighted by Crippen LogP contribution is 2.32. The third-order valence-corrected chi connectivity index (χ3v) is 11.6. The zero-order chi connectivity index (χ0) is 31.4. The Kier molecular flexibility index (Phi) is 9.20. The van der Waals surface area contributed by atoms with Crippen LogP contribution in [-0.4, -0.2) is 57.1 Å². The number of rotatable bonds is 11. The van der Waals surface area contributed by atoms with Gasteiger partial charge in [0.2, 0.25) is 0 Å². The zero-order valence-corrected chi connectivity index (χ0v) is 26.4. The maximum atomic E-state index is 13.9. The molecular weight excluding hydrogens is 609 g/mol. The lowest BCUT2D eigenvalue weighted by Gasteiger charge is -2.38. The average molecular weight is 645 g/mol. The summed E-state index contributed by atoms with van der Waals surface area (Å²) in [5.74, 6) is 0. The van der Waals surface area contributed by atoms with Gasteiger partial charge < -0.3 is 10.0 Å².